The lowest BCUT2D eigenvalue weighted by Crippen LogP contribution is -2.23. The Bertz CT molecular complexity index is 461. The van der Waals surface area contributed by atoms with Gasteiger partial charge < -0.3 is 5.11 Å². The summed E-state index contributed by atoms with van der Waals surface area (Å²) in [5.41, 5.74) is 1.67. The first-order chi connectivity index (χ1) is 8.47. The summed E-state index contributed by atoms with van der Waals surface area (Å²) in [6.45, 7) is 5.76. The molecule has 0 unspecified atom stereocenters. The van der Waals surface area contributed by atoms with Crippen molar-refractivity contribution in [3.8, 4) is 0 Å². The van der Waals surface area contributed by atoms with Gasteiger partial charge in [0.15, 0.2) is 0 Å². The highest BCUT2D eigenvalue weighted by Crippen LogP contribution is 2.25. The molecule has 0 spiro atoms. The molecule has 1 aliphatic rings. The largest absolute Gasteiger partial charge is 0.481 e. The molecule has 2 rings (SSSR count). The molecule has 1 fully saturated rings. The van der Waals surface area contributed by atoms with Crippen molar-refractivity contribution in [2.45, 2.75) is 20.4 Å². The van der Waals surface area contributed by atoms with Gasteiger partial charge in [-0.15, -0.1) is 0 Å². The van der Waals surface area contributed by atoms with Crippen molar-refractivity contribution in [3.63, 3.8) is 0 Å². The van der Waals surface area contributed by atoms with E-state index < -0.39 is 5.97 Å². The van der Waals surface area contributed by atoms with E-state index in [1.54, 1.807) is 13.0 Å². The van der Waals surface area contributed by atoms with Crippen LogP contribution in [-0.4, -0.2) is 29.1 Å². The van der Waals surface area contributed by atoms with Crippen LogP contribution in [0.15, 0.2) is 18.2 Å². The van der Waals surface area contributed by atoms with Crippen LogP contribution in [0.4, 0.5) is 4.39 Å². The number of carboxylic acid groups (broad SMARTS) is 1. The van der Waals surface area contributed by atoms with E-state index in [2.05, 4.69) is 4.90 Å². The van der Waals surface area contributed by atoms with Gasteiger partial charge in [-0.05, 0) is 30.0 Å². The predicted molar refractivity (Wildman–Crippen MR) is 66.7 cm³/mol. The van der Waals surface area contributed by atoms with Crippen LogP contribution in [0.25, 0.3) is 0 Å². The van der Waals surface area contributed by atoms with Gasteiger partial charge >= 0.3 is 5.97 Å². The average Bonchev–Trinajstić information content (AvgIpc) is 2.65. The van der Waals surface area contributed by atoms with Crippen LogP contribution in [0.1, 0.15) is 18.1 Å². The van der Waals surface area contributed by atoms with Crippen LogP contribution in [-0.2, 0) is 11.3 Å². The Morgan fingerprint density at radius 3 is 2.78 bits per heavy atom. The van der Waals surface area contributed by atoms with Gasteiger partial charge in [0, 0.05) is 19.6 Å². The standard InChI is InChI=1S/C14H18FNO2/c1-9-5-11(3-4-13(9)15)7-16-6-10(2)12(8-16)14(17)18/h3-5,10,12H,6-8H2,1-2H3,(H,17,18)/t10-,12-/m1/s1. The third kappa shape index (κ3) is 2.70. The molecule has 1 aliphatic heterocycles. The highest BCUT2D eigenvalue weighted by Gasteiger charge is 2.34. The van der Waals surface area contributed by atoms with E-state index in [0.29, 0.717) is 18.7 Å². The van der Waals surface area contributed by atoms with E-state index >= 15 is 0 Å². The number of hydrogen-bond donors (Lipinski definition) is 1. The fourth-order valence-corrected chi connectivity index (χ4v) is 2.58. The minimum absolute atomic E-state index is 0.170. The van der Waals surface area contributed by atoms with E-state index in [4.69, 9.17) is 5.11 Å². The lowest BCUT2D eigenvalue weighted by Gasteiger charge is -2.15. The molecule has 1 N–H and O–H groups in total. The van der Waals surface area contributed by atoms with E-state index in [1.807, 2.05) is 13.0 Å². The maximum atomic E-state index is 13.2. The topological polar surface area (TPSA) is 40.5 Å². The summed E-state index contributed by atoms with van der Waals surface area (Å²) >= 11 is 0. The van der Waals surface area contributed by atoms with E-state index in [-0.39, 0.29) is 17.7 Å². The van der Waals surface area contributed by atoms with Crippen LogP contribution in [0, 0.1) is 24.6 Å². The number of nitrogens with zero attached hydrogens (tertiary/aromatic N) is 1. The molecule has 0 radical (unpaired) electrons. The Labute approximate surface area is 106 Å². The molecular weight excluding hydrogens is 233 g/mol. The first-order valence-corrected chi connectivity index (χ1v) is 6.17. The Balaban J connectivity index is 2.03. The maximum absolute atomic E-state index is 13.2. The molecule has 0 saturated carbocycles. The summed E-state index contributed by atoms with van der Waals surface area (Å²) in [6.07, 6.45) is 0. The molecule has 3 nitrogen and oxygen atoms in total. The van der Waals surface area contributed by atoms with Gasteiger partial charge in [-0.1, -0.05) is 19.1 Å². The molecule has 1 aromatic rings. The first kappa shape index (κ1) is 13.0. The van der Waals surface area contributed by atoms with Crippen molar-refractivity contribution in [1.29, 1.82) is 0 Å². The minimum atomic E-state index is -0.722. The van der Waals surface area contributed by atoms with E-state index in [0.717, 1.165) is 12.1 Å². The van der Waals surface area contributed by atoms with Crippen LogP contribution in [0.5, 0.6) is 0 Å². The molecule has 1 aromatic carbocycles. The smallest absolute Gasteiger partial charge is 0.308 e. The highest BCUT2D eigenvalue weighted by molar-refractivity contribution is 5.71. The van der Waals surface area contributed by atoms with Crippen molar-refractivity contribution < 1.29 is 14.3 Å². The average molecular weight is 251 g/mol. The fourth-order valence-electron chi connectivity index (χ4n) is 2.58. The molecule has 0 bridgehead atoms. The van der Waals surface area contributed by atoms with Crippen molar-refractivity contribution in [2.24, 2.45) is 11.8 Å². The lowest BCUT2D eigenvalue weighted by atomic mass is 9.99. The fraction of sp³-hybridized carbons (Fsp3) is 0.500. The number of aliphatic carboxylic acids is 1. The van der Waals surface area contributed by atoms with Crippen molar-refractivity contribution >= 4 is 5.97 Å². The quantitative estimate of drug-likeness (QED) is 0.896. The van der Waals surface area contributed by atoms with E-state index in [1.165, 1.54) is 6.07 Å². The second-order valence-corrected chi connectivity index (χ2v) is 5.20. The summed E-state index contributed by atoms with van der Waals surface area (Å²) < 4.78 is 13.2. The van der Waals surface area contributed by atoms with Crippen LogP contribution >= 0.6 is 0 Å². The number of benzene rings is 1. The Hall–Kier alpha value is -1.42. The SMILES string of the molecule is Cc1cc(CN2C[C@@H](C)[C@H](C(=O)O)C2)ccc1F. The van der Waals surface area contributed by atoms with Gasteiger partial charge in [0.25, 0.3) is 0 Å². The zero-order valence-corrected chi connectivity index (χ0v) is 10.7. The number of rotatable bonds is 3. The Morgan fingerprint density at radius 1 is 1.50 bits per heavy atom. The number of carboxylic acids is 1. The predicted octanol–water partition coefficient (Wildman–Crippen LogP) is 2.29. The molecule has 18 heavy (non-hydrogen) atoms. The van der Waals surface area contributed by atoms with E-state index in [9.17, 15) is 9.18 Å². The third-order valence-electron chi connectivity index (χ3n) is 3.63. The third-order valence-corrected chi connectivity index (χ3v) is 3.63. The van der Waals surface area contributed by atoms with Crippen molar-refractivity contribution in [3.05, 3.63) is 35.1 Å². The Morgan fingerprint density at radius 2 is 2.22 bits per heavy atom. The summed E-state index contributed by atoms with van der Waals surface area (Å²) in [5, 5.41) is 9.07. The zero-order valence-electron chi connectivity index (χ0n) is 10.7. The highest BCUT2D eigenvalue weighted by atomic mass is 19.1. The van der Waals surface area contributed by atoms with Crippen molar-refractivity contribution in [2.75, 3.05) is 13.1 Å². The maximum Gasteiger partial charge on any atom is 0.308 e. The van der Waals surface area contributed by atoms with Gasteiger partial charge in [0.1, 0.15) is 5.82 Å². The monoisotopic (exact) mass is 251 g/mol. The zero-order chi connectivity index (χ0) is 13.3. The molecule has 0 aromatic heterocycles. The second kappa shape index (κ2) is 5.06. The first-order valence-electron chi connectivity index (χ1n) is 6.17. The number of halogens is 1. The normalized spacial score (nSPS) is 24.4. The number of aryl methyl sites for hydroxylation is 1. The molecule has 2 atom stereocenters. The van der Waals surface area contributed by atoms with Crippen LogP contribution < -0.4 is 0 Å². The Kier molecular flexibility index (Phi) is 3.66. The molecule has 1 saturated heterocycles. The van der Waals surface area contributed by atoms with Gasteiger partial charge in [0.2, 0.25) is 0 Å². The number of carbonyl (C=O) groups is 1. The second-order valence-electron chi connectivity index (χ2n) is 5.20. The van der Waals surface area contributed by atoms with Crippen molar-refractivity contribution in [1.82, 2.24) is 4.90 Å². The van der Waals surface area contributed by atoms with Crippen LogP contribution in [0.3, 0.4) is 0 Å². The van der Waals surface area contributed by atoms with Gasteiger partial charge in [0.05, 0.1) is 5.92 Å². The number of hydrogen-bond acceptors (Lipinski definition) is 2. The molecule has 4 heteroatoms. The molecule has 0 aliphatic carbocycles. The molecule has 98 valence electrons. The summed E-state index contributed by atoms with van der Waals surface area (Å²) in [7, 11) is 0. The van der Waals surface area contributed by atoms with Gasteiger partial charge in [-0.3, -0.25) is 9.69 Å². The molecular formula is C14H18FNO2. The summed E-state index contributed by atoms with van der Waals surface area (Å²) in [4.78, 5) is 13.2. The number of likely N-dealkylation sites (tertiary alicyclic amines) is 1. The van der Waals surface area contributed by atoms with Crippen LogP contribution in [0.2, 0.25) is 0 Å². The minimum Gasteiger partial charge on any atom is -0.481 e. The van der Waals surface area contributed by atoms with Gasteiger partial charge in [-0.2, -0.15) is 0 Å². The lowest BCUT2D eigenvalue weighted by molar-refractivity contribution is -0.142. The molecule has 0 amide bonds. The van der Waals surface area contributed by atoms with Gasteiger partial charge in [-0.25, -0.2) is 4.39 Å². The summed E-state index contributed by atoms with van der Waals surface area (Å²) in [6, 6.07) is 5.06. The summed E-state index contributed by atoms with van der Waals surface area (Å²) in [5.74, 6) is -1.03. The molecule has 1 heterocycles.